The minimum atomic E-state index is -0.431. The summed E-state index contributed by atoms with van der Waals surface area (Å²) in [7, 11) is 1.84. The predicted octanol–water partition coefficient (Wildman–Crippen LogP) is 1.52. The minimum absolute atomic E-state index is 0.0184. The molecule has 1 fully saturated rings. The summed E-state index contributed by atoms with van der Waals surface area (Å²) in [5.74, 6) is -0.288. The van der Waals surface area contributed by atoms with Crippen LogP contribution in [0.25, 0.3) is 0 Å². The fourth-order valence-electron chi connectivity index (χ4n) is 4.27. The zero-order chi connectivity index (χ0) is 25.2. The average Bonchev–Trinajstić information content (AvgIpc) is 3.21. The summed E-state index contributed by atoms with van der Waals surface area (Å²) < 4.78 is 7.70. The van der Waals surface area contributed by atoms with Crippen LogP contribution in [0.3, 0.4) is 0 Å². The van der Waals surface area contributed by atoms with E-state index in [4.69, 9.17) is 4.74 Å². The van der Waals surface area contributed by atoms with Gasteiger partial charge < -0.3 is 19.4 Å². The highest BCUT2D eigenvalue weighted by molar-refractivity contribution is 5.85. The van der Waals surface area contributed by atoms with E-state index in [1.807, 2.05) is 57.4 Å². The Bertz CT molecular complexity index is 973. The molecule has 0 bridgehead atoms. The van der Waals surface area contributed by atoms with Gasteiger partial charge in [0.1, 0.15) is 6.61 Å². The molecule has 35 heavy (non-hydrogen) atoms. The molecule has 2 heterocycles. The number of amides is 3. The first-order chi connectivity index (χ1) is 16.9. The van der Waals surface area contributed by atoms with E-state index in [1.165, 1.54) is 0 Å². The Labute approximate surface area is 207 Å². The van der Waals surface area contributed by atoms with E-state index in [0.717, 1.165) is 11.1 Å². The van der Waals surface area contributed by atoms with Crippen molar-refractivity contribution < 1.29 is 19.1 Å². The van der Waals surface area contributed by atoms with Crippen molar-refractivity contribution in [1.29, 1.82) is 0 Å². The van der Waals surface area contributed by atoms with E-state index in [0.29, 0.717) is 39.0 Å². The molecule has 0 saturated carbocycles. The minimum Gasteiger partial charge on any atom is -0.365 e. The smallest absolute Gasteiger partial charge is 0.248 e. The van der Waals surface area contributed by atoms with Gasteiger partial charge in [0, 0.05) is 52.4 Å². The highest BCUT2D eigenvalue weighted by atomic mass is 16.5. The SMILES string of the molecule is CCN(CC)C(=O)COC1CN(CCc2ccccc2)C(=O)CN(C(=O)CCc2cnn(C)c2)C1. The first-order valence-electron chi connectivity index (χ1n) is 12.4. The third-order valence-electron chi connectivity index (χ3n) is 6.34. The van der Waals surface area contributed by atoms with Crippen molar-refractivity contribution in [2.75, 3.05) is 45.9 Å². The largest absolute Gasteiger partial charge is 0.365 e. The third kappa shape index (κ3) is 7.92. The quantitative estimate of drug-likeness (QED) is 0.484. The van der Waals surface area contributed by atoms with Crippen molar-refractivity contribution in [2.45, 2.75) is 39.2 Å². The van der Waals surface area contributed by atoms with Gasteiger partial charge in [0.2, 0.25) is 17.7 Å². The van der Waals surface area contributed by atoms with Gasteiger partial charge >= 0.3 is 0 Å². The number of carbonyl (C=O) groups is 3. The zero-order valence-electron chi connectivity index (χ0n) is 21.1. The molecule has 1 unspecified atom stereocenters. The van der Waals surface area contributed by atoms with Crippen LogP contribution < -0.4 is 0 Å². The Morgan fingerprint density at radius 1 is 1.09 bits per heavy atom. The van der Waals surface area contributed by atoms with Crippen LogP contribution in [-0.4, -0.2) is 94.2 Å². The van der Waals surface area contributed by atoms with E-state index < -0.39 is 6.10 Å². The molecule has 0 N–H and O–H groups in total. The summed E-state index contributed by atoms with van der Waals surface area (Å²) in [6.45, 7) is 6.21. The molecular formula is C26H37N5O4. The second-order valence-electron chi connectivity index (χ2n) is 8.87. The van der Waals surface area contributed by atoms with Crippen LogP contribution in [-0.2, 0) is 39.0 Å². The molecule has 0 aliphatic carbocycles. The van der Waals surface area contributed by atoms with Crippen molar-refractivity contribution in [1.82, 2.24) is 24.5 Å². The molecule has 0 radical (unpaired) electrons. The predicted molar refractivity (Wildman–Crippen MR) is 133 cm³/mol. The molecule has 3 amide bonds. The van der Waals surface area contributed by atoms with Gasteiger partial charge in [-0.3, -0.25) is 19.1 Å². The van der Waals surface area contributed by atoms with Gasteiger partial charge in [0.15, 0.2) is 0 Å². The molecule has 190 valence electrons. The second-order valence-corrected chi connectivity index (χ2v) is 8.87. The first kappa shape index (κ1) is 26.4. The number of hydrogen-bond donors (Lipinski definition) is 0. The summed E-state index contributed by atoms with van der Waals surface area (Å²) in [4.78, 5) is 43.7. The highest BCUT2D eigenvalue weighted by Crippen LogP contribution is 2.13. The maximum Gasteiger partial charge on any atom is 0.248 e. The Kier molecular flexibility index (Phi) is 9.84. The maximum atomic E-state index is 13.1. The van der Waals surface area contributed by atoms with Gasteiger partial charge in [0.25, 0.3) is 0 Å². The molecular weight excluding hydrogens is 446 g/mol. The molecule has 1 saturated heterocycles. The van der Waals surface area contributed by atoms with Crippen LogP contribution in [0.4, 0.5) is 0 Å². The fourth-order valence-corrected chi connectivity index (χ4v) is 4.27. The summed E-state index contributed by atoms with van der Waals surface area (Å²) >= 11 is 0. The van der Waals surface area contributed by atoms with Crippen molar-refractivity contribution in [2.24, 2.45) is 7.05 Å². The van der Waals surface area contributed by atoms with Crippen LogP contribution in [0.5, 0.6) is 0 Å². The monoisotopic (exact) mass is 483 g/mol. The molecule has 1 aromatic carbocycles. The summed E-state index contributed by atoms with van der Waals surface area (Å²) in [6.07, 6.45) is 4.76. The standard InChI is InChI=1S/C26H37N5O4/c1-4-29(5-2)26(34)20-35-23-17-30(14-13-21-9-7-6-8-10-21)25(33)19-31(18-23)24(32)12-11-22-15-27-28(3)16-22/h6-10,15-16,23H,4-5,11-14,17-20H2,1-3H3. The average molecular weight is 484 g/mol. The second kappa shape index (κ2) is 13.0. The van der Waals surface area contributed by atoms with Gasteiger partial charge in [-0.2, -0.15) is 5.10 Å². The molecule has 1 aromatic heterocycles. The van der Waals surface area contributed by atoms with Crippen LogP contribution in [0.2, 0.25) is 0 Å². The Balaban J connectivity index is 1.66. The molecule has 1 aliphatic heterocycles. The zero-order valence-corrected chi connectivity index (χ0v) is 21.1. The summed E-state index contributed by atoms with van der Waals surface area (Å²) in [5, 5.41) is 4.15. The summed E-state index contributed by atoms with van der Waals surface area (Å²) in [6, 6.07) is 9.99. The Morgan fingerprint density at radius 2 is 1.83 bits per heavy atom. The lowest BCUT2D eigenvalue weighted by atomic mass is 10.1. The Morgan fingerprint density at radius 3 is 2.49 bits per heavy atom. The number of ether oxygens (including phenoxy) is 1. The first-order valence-corrected chi connectivity index (χ1v) is 12.4. The van der Waals surface area contributed by atoms with Gasteiger partial charge in [-0.1, -0.05) is 30.3 Å². The number of aryl methyl sites for hydroxylation is 2. The molecule has 1 atom stereocenters. The Hall–Kier alpha value is -3.20. The molecule has 3 rings (SSSR count). The number of carbonyl (C=O) groups excluding carboxylic acids is 3. The lowest BCUT2D eigenvalue weighted by Crippen LogP contribution is -2.41. The van der Waals surface area contributed by atoms with Gasteiger partial charge in [0.05, 0.1) is 18.8 Å². The van der Waals surface area contributed by atoms with E-state index in [2.05, 4.69) is 5.10 Å². The highest BCUT2D eigenvalue weighted by Gasteiger charge is 2.31. The molecule has 2 aromatic rings. The van der Waals surface area contributed by atoms with Gasteiger partial charge in [-0.15, -0.1) is 0 Å². The molecule has 9 nitrogen and oxygen atoms in total. The van der Waals surface area contributed by atoms with E-state index in [9.17, 15) is 14.4 Å². The molecule has 1 aliphatic rings. The van der Waals surface area contributed by atoms with Gasteiger partial charge in [-0.05, 0) is 37.8 Å². The number of benzene rings is 1. The van der Waals surface area contributed by atoms with Crippen LogP contribution in [0.1, 0.15) is 31.4 Å². The fraction of sp³-hybridized carbons (Fsp3) is 0.538. The lowest BCUT2D eigenvalue weighted by Gasteiger charge is -2.26. The number of aromatic nitrogens is 2. The van der Waals surface area contributed by atoms with Crippen molar-refractivity contribution in [3.63, 3.8) is 0 Å². The van der Waals surface area contributed by atoms with E-state index in [1.54, 1.807) is 25.6 Å². The van der Waals surface area contributed by atoms with Crippen molar-refractivity contribution >= 4 is 17.7 Å². The number of hydrogen-bond acceptors (Lipinski definition) is 5. The topological polar surface area (TPSA) is 88.0 Å². The molecule has 9 heteroatoms. The number of rotatable bonds is 11. The molecule has 0 spiro atoms. The third-order valence-corrected chi connectivity index (χ3v) is 6.34. The van der Waals surface area contributed by atoms with E-state index in [-0.39, 0.29) is 43.8 Å². The normalized spacial score (nSPS) is 16.3. The van der Waals surface area contributed by atoms with Gasteiger partial charge in [-0.25, -0.2) is 0 Å². The van der Waals surface area contributed by atoms with Crippen molar-refractivity contribution in [3.8, 4) is 0 Å². The summed E-state index contributed by atoms with van der Waals surface area (Å²) in [5.41, 5.74) is 2.12. The van der Waals surface area contributed by atoms with E-state index >= 15 is 0 Å². The lowest BCUT2D eigenvalue weighted by molar-refractivity contribution is -0.139. The van der Waals surface area contributed by atoms with Crippen LogP contribution in [0.15, 0.2) is 42.7 Å². The number of likely N-dealkylation sites (N-methyl/N-ethyl adjacent to an activating group) is 1. The van der Waals surface area contributed by atoms with Crippen LogP contribution >= 0.6 is 0 Å². The van der Waals surface area contributed by atoms with Crippen molar-refractivity contribution in [3.05, 3.63) is 53.9 Å². The number of nitrogens with zero attached hydrogens (tertiary/aromatic N) is 5. The maximum absolute atomic E-state index is 13.1. The van der Waals surface area contributed by atoms with Crippen LogP contribution in [0, 0.1) is 0 Å².